The molecule has 0 aliphatic heterocycles. The summed E-state index contributed by atoms with van der Waals surface area (Å²) in [5.74, 6) is 0.0659. The number of carbonyl (C=O) groups is 2. The summed E-state index contributed by atoms with van der Waals surface area (Å²) in [4.78, 5) is 32.0. The Morgan fingerprint density at radius 3 is 2.45 bits per heavy atom. The molecular formula is C25H23N3O3. The zero-order chi connectivity index (χ0) is 22.0. The van der Waals surface area contributed by atoms with Crippen LogP contribution in [0.15, 0.2) is 71.3 Å². The molecule has 6 nitrogen and oxygen atoms in total. The number of aromatic nitrogens is 1. The Kier molecular flexibility index (Phi) is 5.54. The van der Waals surface area contributed by atoms with Gasteiger partial charge < -0.3 is 14.6 Å². The summed E-state index contributed by atoms with van der Waals surface area (Å²) in [6, 6.07) is 18.6. The number of nitrogens with zero attached hydrogens (tertiary/aromatic N) is 2. The minimum Gasteiger partial charge on any atom is -0.463 e. The number of rotatable bonds is 5. The van der Waals surface area contributed by atoms with Crippen LogP contribution in [-0.4, -0.2) is 35.3 Å². The van der Waals surface area contributed by atoms with Crippen LogP contribution in [0.1, 0.15) is 21.5 Å². The van der Waals surface area contributed by atoms with Gasteiger partial charge in [0, 0.05) is 18.1 Å². The molecule has 2 aromatic heterocycles. The zero-order valence-corrected chi connectivity index (χ0v) is 17.7. The van der Waals surface area contributed by atoms with Gasteiger partial charge >= 0.3 is 0 Å². The van der Waals surface area contributed by atoms with Crippen molar-refractivity contribution in [1.29, 1.82) is 0 Å². The Morgan fingerprint density at radius 2 is 1.74 bits per heavy atom. The number of pyridine rings is 1. The first kappa shape index (κ1) is 20.3. The Bertz CT molecular complexity index is 1240. The first-order valence-electron chi connectivity index (χ1n) is 9.99. The fraction of sp³-hybridized carbons (Fsp3) is 0.160. The van der Waals surface area contributed by atoms with E-state index in [0.29, 0.717) is 22.5 Å². The molecule has 0 unspecified atom stereocenters. The average Bonchev–Trinajstić information content (AvgIpc) is 3.30. The highest BCUT2D eigenvalue weighted by molar-refractivity contribution is 6.08. The standard InChI is InChI=1S/C25H23N3O3/c1-16-8-6-9-17(2)24(16)27-23(29)15-28(3)25(30)19-14-21(22-12-7-13-31-22)26-20-11-5-4-10-18(19)20/h4-14H,15H2,1-3H3,(H,27,29). The van der Waals surface area contributed by atoms with E-state index in [4.69, 9.17) is 4.42 Å². The molecule has 156 valence electrons. The quantitative estimate of drug-likeness (QED) is 0.509. The van der Waals surface area contributed by atoms with Crippen molar-refractivity contribution in [3.05, 3.63) is 83.6 Å². The van der Waals surface area contributed by atoms with E-state index < -0.39 is 0 Å². The number of benzene rings is 2. The number of anilines is 1. The van der Waals surface area contributed by atoms with Crippen LogP contribution in [0, 0.1) is 13.8 Å². The zero-order valence-electron chi connectivity index (χ0n) is 17.7. The maximum absolute atomic E-state index is 13.3. The molecule has 4 rings (SSSR count). The van der Waals surface area contributed by atoms with Crippen molar-refractivity contribution in [3.63, 3.8) is 0 Å². The SMILES string of the molecule is Cc1cccc(C)c1NC(=O)CN(C)C(=O)c1cc(-c2ccco2)nc2ccccc12. The molecule has 0 bridgehead atoms. The molecule has 0 saturated heterocycles. The molecule has 0 radical (unpaired) electrons. The van der Waals surface area contributed by atoms with Crippen molar-refractivity contribution in [2.75, 3.05) is 18.9 Å². The minimum atomic E-state index is -0.261. The number of nitrogens with one attached hydrogen (secondary N) is 1. The molecule has 6 heteroatoms. The molecule has 1 N–H and O–H groups in total. The minimum absolute atomic E-state index is 0.0701. The molecule has 31 heavy (non-hydrogen) atoms. The summed E-state index contributed by atoms with van der Waals surface area (Å²) in [6.07, 6.45) is 1.57. The van der Waals surface area contributed by atoms with E-state index in [0.717, 1.165) is 22.2 Å². The second kappa shape index (κ2) is 8.44. The average molecular weight is 413 g/mol. The predicted octanol–water partition coefficient (Wildman–Crippen LogP) is 4.82. The Hall–Kier alpha value is -3.93. The summed E-state index contributed by atoms with van der Waals surface area (Å²) in [5, 5.41) is 3.65. The van der Waals surface area contributed by atoms with Gasteiger partial charge in [0.15, 0.2) is 5.76 Å². The number of amides is 2. The van der Waals surface area contributed by atoms with Crippen LogP contribution in [0.2, 0.25) is 0 Å². The first-order chi connectivity index (χ1) is 14.9. The molecule has 2 aromatic carbocycles. The highest BCUT2D eigenvalue weighted by atomic mass is 16.3. The third-order valence-corrected chi connectivity index (χ3v) is 5.19. The van der Waals surface area contributed by atoms with E-state index in [1.54, 1.807) is 31.5 Å². The smallest absolute Gasteiger partial charge is 0.254 e. The van der Waals surface area contributed by atoms with Gasteiger partial charge in [0.25, 0.3) is 5.91 Å². The van der Waals surface area contributed by atoms with Crippen LogP contribution in [0.3, 0.4) is 0 Å². The third-order valence-electron chi connectivity index (χ3n) is 5.19. The number of aryl methyl sites for hydroxylation is 2. The molecule has 0 fully saturated rings. The van der Waals surface area contributed by atoms with Gasteiger partial charge in [-0.1, -0.05) is 36.4 Å². The van der Waals surface area contributed by atoms with E-state index in [1.807, 2.05) is 56.3 Å². The maximum atomic E-state index is 13.3. The number of para-hydroxylation sites is 2. The fourth-order valence-corrected chi connectivity index (χ4v) is 3.59. The fourth-order valence-electron chi connectivity index (χ4n) is 3.59. The summed E-state index contributed by atoms with van der Waals surface area (Å²) in [5.41, 5.74) is 4.46. The van der Waals surface area contributed by atoms with Gasteiger partial charge in [0.1, 0.15) is 5.69 Å². The van der Waals surface area contributed by atoms with Gasteiger partial charge in [0.05, 0.1) is 23.9 Å². The summed E-state index contributed by atoms with van der Waals surface area (Å²) >= 11 is 0. The highest BCUT2D eigenvalue weighted by Gasteiger charge is 2.20. The number of furan rings is 1. The molecule has 4 aromatic rings. The van der Waals surface area contributed by atoms with Gasteiger partial charge in [-0.3, -0.25) is 9.59 Å². The highest BCUT2D eigenvalue weighted by Crippen LogP contribution is 2.26. The normalized spacial score (nSPS) is 10.8. The largest absolute Gasteiger partial charge is 0.463 e. The van der Waals surface area contributed by atoms with Crippen LogP contribution in [0.4, 0.5) is 5.69 Å². The molecule has 2 amide bonds. The Balaban J connectivity index is 1.60. The number of likely N-dealkylation sites (N-methyl/N-ethyl adjacent to an activating group) is 1. The number of hydrogen-bond donors (Lipinski definition) is 1. The van der Waals surface area contributed by atoms with Crippen molar-refractivity contribution >= 4 is 28.4 Å². The van der Waals surface area contributed by atoms with Gasteiger partial charge in [-0.05, 0) is 49.2 Å². The number of hydrogen-bond acceptors (Lipinski definition) is 4. The molecule has 0 aliphatic rings. The molecule has 0 saturated carbocycles. The first-order valence-corrected chi connectivity index (χ1v) is 9.99. The monoisotopic (exact) mass is 413 g/mol. The van der Waals surface area contributed by atoms with Gasteiger partial charge in [-0.25, -0.2) is 4.98 Å². The van der Waals surface area contributed by atoms with Crippen LogP contribution in [0.25, 0.3) is 22.4 Å². The second-order valence-corrected chi connectivity index (χ2v) is 7.53. The van der Waals surface area contributed by atoms with E-state index >= 15 is 0 Å². The van der Waals surface area contributed by atoms with Gasteiger partial charge in [-0.2, -0.15) is 0 Å². The van der Waals surface area contributed by atoms with Crippen molar-refractivity contribution in [3.8, 4) is 11.5 Å². The Morgan fingerprint density at radius 1 is 1.00 bits per heavy atom. The van der Waals surface area contributed by atoms with Crippen molar-refractivity contribution in [2.45, 2.75) is 13.8 Å². The summed E-state index contributed by atoms with van der Waals surface area (Å²) in [7, 11) is 1.62. The van der Waals surface area contributed by atoms with Crippen molar-refractivity contribution < 1.29 is 14.0 Å². The number of fused-ring (bicyclic) bond motifs is 1. The van der Waals surface area contributed by atoms with E-state index in [2.05, 4.69) is 10.3 Å². The lowest BCUT2D eigenvalue weighted by molar-refractivity contribution is -0.116. The second-order valence-electron chi connectivity index (χ2n) is 7.53. The van der Waals surface area contributed by atoms with Gasteiger partial charge in [0.2, 0.25) is 5.91 Å². The molecule has 0 aliphatic carbocycles. The molecule has 0 atom stereocenters. The van der Waals surface area contributed by atoms with Crippen LogP contribution in [-0.2, 0) is 4.79 Å². The van der Waals surface area contributed by atoms with Gasteiger partial charge in [-0.15, -0.1) is 0 Å². The molecular weight excluding hydrogens is 390 g/mol. The Labute approximate surface area is 180 Å². The molecule has 0 spiro atoms. The lowest BCUT2D eigenvalue weighted by Gasteiger charge is -2.19. The summed E-state index contributed by atoms with van der Waals surface area (Å²) in [6.45, 7) is 3.81. The van der Waals surface area contributed by atoms with Crippen molar-refractivity contribution in [2.24, 2.45) is 0 Å². The van der Waals surface area contributed by atoms with E-state index in [1.165, 1.54) is 4.90 Å². The number of carbonyl (C=O) groups excluding carboxylic acids is 2. The molecule has 2 heterocycles. The van der Waals surface area contributed by atoms with E-state index in [9.17, 15) is 9.59 Å². The maximum Gasteiger partial charge on any atom is 0.254 e. The summed E-state index contributed by atoms with van der Waals surface area (Å²) < 4.78 is 5.47. The predicted molar refractivity (Wildman–Crippen MR) is 121 cm³/mol. The lowest BCUT2D eigenvalue weighted by Crippen LogP contribution is -2.35. The lowest BCUT2D eigenvalue weighted by atomic mass is 10.1. The van der Waals surface area contributed by atoms with Crippen LogP contribution in [0.5, 0.6) is 0 Å². The van der Waals surface area contributed by atoms with Crippen LogP contribution >= 0.6 is 0 Å². The van der Waals surface area contributed by atoms with Crippen LogP contribution < -0.4 is 5.32 Å². The van der Waals surface area contributed by atoms with E-state index in [-0.39, 0.29) is 18.4 Å². The third kappa shape index (κ3) is 4.19. The topological polar surface area (TPSA) is 75.4 Å². The van der Waals surface area contributed by atoms with Crippen molar-refractivity contribution in [1.82, 2.24) is 9.88 Å².